The Morgan fingerprint density at radius 3 is 2.70 bits per heavy atom. The Labute approximate surface area is 158 Å². The first-order valence-corrected chi connectivity index (χ1v) is 9.46. The van der Waals surface area contributed by atoms with Crippen molar-refractivity contribution in [2.75, 3.05) is 20.2 Å². The Kier molecular flexibility index (Phi) is 4.85. The first-order chi connectivity index (χ1) is 13.1. The number of aliphatic hydroxyl groups is 1. The minimum absolute atomic E-state index is 0.0130. The molecule has 2 aromatic rings. The molecule has 1 amide bonds. The molecule has 6 nitrogen and oxygen atoms in total. The van der Waals surface area contributed by atoms with Gasteiger partial charge in [-0.1, -0.05) is 36.4 Å². The fourth-order valence-corrected chi connectivity index (χ4v) is 4.80. The largest absolute Gasteiger partial charge is 0.396 e. The number of aliphatic hydroxyl groups excluding tert-OH is 1. The van der Waals surface area contributed by atoms with Crippen molar-refractivity contribution in [3.8, 4) is 0 Å². The topological polar surface area (TPSA) is 74.6 Å². The van der Waals surface area contributed by atoms with E-state index in [1.54, 1.807) is 16.7 Å². The van der Waals surface area contributed by atoms with Gasteiger partial charge in [0.1, 0.15) is 0 Å². The van der Waals surface area contributed by atoms with E-state index in [0.29, 0.717) is 13.1 Å². The number of carbonyl (C=O) groups excluding carboxylic acids is 1. The van der Waals surface area contributed by atoms with Gasteiger partial charge in [0.05, 0.1) is 12.1 Å². The van der Waals surface area contributed by atoms with Crippen molar-refractivity contribution >= 4 is 5.91 Å². The lowest BCUT2D eigenvalue weighted by molar-refractivity contribution is -0.127. The summed E-state index contributed by atoms with van der Waals surface area (Å²) < 4.78 is 1.78. The van der Waals surface area contributed by atoms with E-state index in [0.717, 1.165) is 12.1 Å². The summed E-state index contributed by atoms with van der Waals surface area (Å²) in [6.07, 6.45) is 0.776. The minimum atomic E-state index is -0.384. The summed E-state index contributed by atoms with van der Waals surface area (Å²) >= 11 is 0. The Balaban J connectivity index is 1.48. The summed E-state index contributed by atoms with van der Waals surface area (Å²) in [6, 6.07) is 14.9. The Morgan fingerprint density at radius 2 is 1.96 bits per heavy atom. The zero-order valence-corrected chi connectivity index (χ0v) is 15.4. The highest BCUT2D eigenvalue weighted by Crippen LogP contribution is 2.47. The molecule has 1 aromatic carbocycles. The molecule has 0 spiro atoms. The van der Waals surface area contributed by atoms with Crippen molar-refractivity contribution in [3.05, 3.63) is 70.1 Å². The van der Waals surface area contributed by atoms with Crippen LogP contribution in [-0.4, -0.2) is 46.7 Å². The fraction of sp³-hybridized carbons (Fsp3) is 0.429. The normalized spacial score (nSPS) is 26.6. The van der Waals surface area contributed by atoms with Crippen molar-refractivity contribution in [3.63, 3.8) is 0 Å². The number of nitrogens with zero attached hydrogens (tertiary/aromatic N) is 2. The number of benzene rings is 1. The highest BCUT2D eigenvalue weighted by molar-refractivity contribution is 5.82. The van der Waals surface area contributed by atoms with Gasteiger partial charge in [-0.3, -0.25) is 14.5 Å². The molecule has 1 saturated heterocycles. The van der Waals surface area contributed by atoms with Gasteiger partial charge in [-0.05, 0) is 25.1 Å². The number of hydrogen-bond acceptors (Lipinski definition) is 4. The monoisotopic (exact) mass is 367 g/mol. The van der Waals surface area contributed by atoms with E-state index < -0.39 is 0 Å². The predicted molar refractivity (Wildman–Crippen MR) is 102 cm³/mol. The first-order valence-electron chi connectivity index (χ1n) is 9.46. The number of hydrogen-bond donors (Lipinski definition) is 2. The summed E-state index contributed by atoms with van der Waals surface area (Å²) in [5.74, 6) is -0.164. The third kappa shape index (κ3) is 3.09. The number of nitrogens with one attached hydrogen (secondary N) is 1. The number of rotatable bonds is 5. The van der Waals surface area contributed by atoms with Crippen LogP contribution >= 0.6 is 0 Å². The molecule has 0 saturated carbocycles. The zero-order valence-electron chi connectivity index (χ0n) is 15.4. The number of carbonyl (C=O) groups is 1. The maximum Gasteiger partial charge on any atom is 0.250 e. The van der Waals surface area contributed by atoms with Crippen molar-refractivity contribution in [1.82, 2.24) is 14.8 Å². The molecule has 0 bridgehead atoms. The minimum Gasteiger partial charge on any atom is -0.396 e. The number of aromatic nitrogens is 1. The molecule has 0 radical (unpaired) electrons. The second-order valence-electron chi connectivity index (χ2n) is 7.49. The van der Waals surface area contributed by atoms with Crippen molar-refractivity contribution < 1.29 is 9.90 Å². The third-order valence-electron chi connectivity index (χ3n) is 6.05. The predicted octanol–water partition coefficient (Wildman–Crippen LogP) is 0.801. The lowest BCUT2D eigenvalue weighted by Gasteiger charge is -2.27. The molecular weight excluding hydrogens is 342 g/mol. The molecule has 6 heteroatoms. The summed E-state index contributed by atoms with van der Waals surface area (Å²) in [5, 5.41) is 13.0. The van der Waals surface area contributed by atoms with E-state index in [9.17, 15) is 14.7 Å². The van der Waals surface area contributed by atoms with Gasteiger partial charge in [-0.2, -0.15) is 0 Å². The second kappa shape index (κ2) is 7.29. The molecule has 2 N–H and O–H groups in total. The highest BCUT2D eigenvalue weighted by atomic mass is 16.3. The van der Waals surface area contributed by atoms with E-state index in [1.165, 1.54) is 5.56 Å². The molecule has 2 aliphatic heterocycles. The summed E-state index contributed by atoms with van der Waals surface area (Å²) in [6.45, 7) is 1.06. The van der Waals surface area contributed by atoms with Crippen LogP contribution in [0.1, 0.15) is 17.3 Å². The summed E-state index contributed by atoms with van der Waals surface area (Å²) in [5.41, 5.74) is 2.10. The Hall–Kier alpha value is -2.44. The number of fused-ring (bicyclic) bond motifs is 3. The van der Waals surface area contributed by atoms with Crippen molar-refractivity contribution in [2.24, 2.45) is 11.8 Å². The SMILES string of the molecule is CN1[C@H](C(=O)NCCc2ccccc2)[C@@H](CO)[C@@H]2Cn3c(cccc3=O)[C@@H]21. The van der Waals surface area contributed by atoms with Crippen LogP contribution < -0.4 is 10.9 Å². The molecule has 0 unspecified atom stereocenters. The van der Waals surface area contributed by atoms with Gasteiger partial charge >= 0.3 is 0 Å². The summed E-state index contributed by atoms with van der Waals surface area (Å²) in [4.78, 5) is 27.1. The lowest BCUT2D eigenvalue weighted by Crippen LogP contribution is -2.47. The zero-order chi connectivity index (χ0) is 19.0. The van der Waals surface area contributed by atoms with Crippen LogP contribution in [0, 0.1) is 11.8 Å². The van der Waals surface area contributed by atoms with Crippen LogP contribution in [0.15, 0.2) is 53.3 Å². The average Bonchev–Trinajstić information content (AvgIpc) is 3.19. The molecule has 0 aliphatic carbocycles. The maximum absolute atomic E-state index is 12.9. The molecule has 142 valence electrons. The van der Waals surface area contributed by atoms with Crippen LogP contribution in [0.2, 0.25) is 0 Å². The van der Waals surface area contributed by atoms with E-state index >= 15 is 0 Å². The number of likely N-dealkylation sites (tertiary alicyclic amines) is 1. The van der Waals surface area contributed by atoms with Crippen LogP contribution in [-0.2, 0) is 17.8 Å². The molecule has 4 atom stereocenters. The van der Waals surface area contributed by atoms with Crippen LogP contribution in [0.3, 0.4) is 0 Å². The lowest BCUT2D eigenvalue weighted by atomic mass is 9.88. The second-order valence-corrected chi connectivity index (χ2v) is 7.49. The van der Waals surface area contributed by atoms with Gasteiger partial charge in [0.2, 0.25) is 5.91 Å². The quantitative estimate of drug-likeness (QED) is 0.820. The van der Waals surface area contributed by atoms with Crippen molar-refractivity contribution in [2.45, 2.75) is 25.0 Å². The van der Waals surface area contributed by atoms with Gasteiger partial charge in [0, 0.05) is 43.3 Å². The fourth-order valence-electron chi connectivity index (χ4n) is 4.80. The summed E-state index contributed by atoms with van der Waals surface area (Å²) in [7, 11) is 1.92. The maximum atomic E-state index is 12.9. The number of amides is 1. The van der Waals surface area contributed by atoms with Gasteiger partial charge < -0.3 is 15.0 Å². The number of likely N-dealkylation sites (N-methyl/N-ethyl adjacent to an activating group) is 1. The molecule has 1 fully saturated rings. The van der Waals surface area contributed by atoms with Crippen LogP contribution in [0.5, 0.6) is 0 Å². The standard InChI is InChI=1S/C21H25N3O3/c1-23-19-15(12-24-17(19)8-5-9-18(24)26)16(13-25)20(23)21(27)22-11-10-14-6-3-2-4-7-14/h2-9,15-16,19-20,25H,10-13H2,1H3,(H,22,27)/t15-,16-,19+,20-/m0/s1. The van der Waals surface area contributed by atoms with Gasteiger partial charge in [0.15, 0.2) is 0 Å². The smallest absolute Gasteiger partial charge is 0.250 e. The van der Waals surface area contributed by atoms with Crippen molar-refractivity contribution in [1.29, 1.82) is 0 Å². The first kappa shape index (κ1) is 17.9. The average molecular weight is 367 g/mol. The Morgan fingerprint density at radius 1 is 1.19 bits per heavy atom. The van der Waals surface area contributed by atoms with E-state index in [1.807, 2.05) is 48.3 Å². The number of pyridine rings is 1. The molecular formula is C21H25N3O3. The van der Waals surface area contributed by atoms with E-state index in [4.69, 9.17) is 0 Å². The van der Waals surface area contributed by atoms with E-state index in [-0.39, 0.29) is 42.0 Å². The Bertz CT molecular complexity index is 880. The third-order valence-corrected chi connectivity index (χ3v) is 6.05. The van der Waals surface area contributed by atoms with Gasteiger partial charge in [0.25, 0.3) is 5.56 Å². The molecule has 4 rings (SSSR count). The van der Waals surface area contributed by atoms with Gasteiger partial charge in [-0.15, -0.1) is 0 Å². The van der Waals surface area contributed by atoms with E-state index in [2.05, 4.69) is 5.32 Å². The van der Waals surface area contributed by atoms with Gasteiger partial charge in [-0.25, -0.2) is 0 Å². The highest BCUT2D eigenvalue weighted by Gasteiger charge is 2.53. The molecule has 2 aliphatic rings. The molecule has 1 aromatic heterocycles. The molecule has 27 heavy (non-hydrogen) atoms. The molecule has 3 heterocycles. The van der Waals surface area contributed by atoms with Crippen LogP contribution in [0.25, 0.3) is 0 Å². The van der Waals surface area contributed by atoms with Crippen LogP contribution in [0.4, 0.5) is 0 Å².